The van der Waals surface area contributed by atoms with Crippen molar-refractivity contribution in [2.75, 3.05) is 27.4 Å². The number of carbonyl (C=O) groups excluding carboxylic acids is 1. The average Bonchev–Trinajstić information content (AvgIpc) is 3.80. The summed E-state index contributed by atoms with van der Waals surface area (Å²) in [5, 5.41) is 5.64. The molecule has 2 aromatic carbocycles. The van der Waals surface area contributed by atoms with Gasteiger partial charge in [-0.3, -0.25) is 14.6 Å². The average molecular weight is 574 g/mol. The Morgan fingerprint density at radius 1 is 1.05 bits per heavy atom. The summed E-state index contributed by atoms with van der Waals surface area (Å²) in [5.41, 5.74) is 4.21. The highest BCUT2D eigenvalue weighted by Gasteiger charge is 2.22. The number of methoxy groups -OCH3 is 2. The quantitative estimate of drug-likeness (QED) is 0.187. The maximum atomic E-state index is 13.6. The number of benzene rings is 2. The lowest BCUT2D eigenvalue weighted by Crippen LogP contribution is -2.21. The van der Waals surface area contributed by atoms with Crippen LogP contribution in [0.1, 0.15) is 69.5 Å². The molecule has 5 rings (SSSR count). The van der Waals surface area contributed by atoms with Crippen LogP contribution in [0.3, 0.4) is 0 Å². The first-order valence-corrected chi connectivity index (χ1v) is 14.5. The second-order valence-electron chi connectivity index (χ2n) is 10.9. The summed E-state index contributed by atoms with van der Waals surface area (Å²) >= 11 is 0. The normalized spacial score (nSPS) is 12.7. The molecule has 0 unspecified atom stereocenters. The molecule has 1 saturated carbocycles. The van der Waals surface area contributed by atoms with E-state index < -0.39 is 0 Å². The number of hydrogen-bond donors (Lipinski definition) is 2. The molecule has 8 nitrogen and oxygen atoms in total. The number of ether oxygens (including phenoxy) is 3. The van der Waals surface area contributed by atoms with E-state index in [1.165, 1.54) is 19.8 Å². The molecular weight excluding hydrogens is 530 g/mol. The number of carbonyl (C=O) groups is 1. The first-order chi connectivity index (χ1) is 19.9. The molecule has 224 valence electrons. The van der Waals surface area contributed by atoms with Crippen molar-refractivity contribution >= 4 is 27.6 Å². The summed E-state index contributed by atoms with van der Waals surface area (Å²) in [5.74, 6) is 2.65. The zero-order valence-corrected chi connectivity index (χ0v) is 24.4. The van der Waals surface area contributed by atoms with Gasteiger partial charge in [0.25, 0.3) is 5.56 Å². The second kappa shape index (κ2) is 13.7. The molecule has 4 aromatic rings. The Balaban J connectivity index is 0.00000405. The Morgan fingerprint density at radius 3 is 2.45 bits per heavy atom. The highest BCUT2D eigenvalue weighted by molar-refractivity contribution is 5.91. The first kappa shape index (κ1) is 30.9. The fourth-order valence-electron chi connectivity index (χ4n) is 5.31. The second-order valence-corrected chi connectivity index (χ2v) is 10.9. The third kappa shape index (κ3) is 7.04. The molecule has 0 saturated heterocycles. The van der Waals surface area contributed by atoms with E-state index in [0.717, 1.165) is 70.2 Å². The van der Waals surface area contributed by atoms with Gasteiger partial charge < -0.3 is 24.5 Å². The van der Waals surface area contributed by atoms with Gasteiger partial charge in [-0.15, -0.1) is 0 Å². The highest BCUT2D eigenvalue weighted by Crippen LogP contribution is 2.35. The minimum absolute atomic E-state index is 0. The number of pyridine rings is 2. The van der Waals surface area contributed by atoms with E-state index in [-0.39, 0.29) is 18.9 Å². The fourth-order valence-corrected chi connectivity index (χ4v) is 5.31. The third-order valence-corrected chi connectivity index (χ3v) is 7.68. The van der Waals surface area contributed by atoms with Gasteiger partial charge in [-0.1, -0.05) is 20.8 Å². The standard InChI is InChI=1S/C33H39N3O5.CH4/c1-5-7-30-26-18-32(40-4)31(39-3)17-25(26)27(33(38)36-30)16-23-14-22-15-24(41-19-21-9-10-21)11-12-29(22)35-28(23)8-6-13-34-20(2)37;/h11-12,14-15,17-18,21H,5-10,13,16,19H2,1-4H3,(H,34,37)(H,36,38);1H4. The number of aromatic amines is 1. The summed E-state index contributed by atoms with van der Waals surface area (Å²) in [4.78, 5) is 33.2. The lowest BCUT2D eigenvalue weighted by Gasteiger charge is -2.16. The van der Waals surface area contributed by atoms with Crippen LogP contribution >= 0.6 is 0 Å². The summed E-state index contributed by atoms with van der Waals surface area (Å²) in [6.45, 7) is 4.92. The molecule has 1 fully saturated rings. The molecule has 1 aliphatic rings. The summed E-state index contributed by atoms with van der Waals surface area (Å²) in [7, 11) is 3.22. The smallest absolute Gasteiger partial charge is 0.252 e. The van der Waals surface area contributed by atoms with Gasteiger partial charge in [-0.25, -0.2) is 0 Å². The molecule has 0 aliphatic heterocycles. The van der Waals surface area contributed by atoms with Gasteiger partial charge in [0.05, 0.1) is 26.3 Å². The van der Waals surface area contributed by atoms with E-state index in [0.29, 0.717) is 42.4 Å². The lowest BCUT2D eigenvalue weighted by molar-refractivity contribution is -0.118. The maximum absolute atomic E-state index is 13.6. The topological polar surface area (TPSA) is 103 Å². The number of amides is 1. The van der Waals surface area contributed by atoms with Gasteiger partial charge in [0, 0.05) is 47.6 Å². The van der Waals surface area contributed by atoms with Gasteiger partial charge in [0.2, 0.25) is 5.91 Å². The largest absolute Gasteiger partial charge is 0.493 e. The van der Waals surface area contributed by atoms with Crippen LogP contribution in [-0.2, 0) is 24.1 Å². The maximum Gasteiger partial charge on any atom is 0.252 e. The minimum Gasteiger partial charge on any atom is -0.493 e. The summed E-state index contributed by atoms with van der Waals surface area (Å²) in [6, 6.07) is 12.0. The SMILES string of the molecule is C.CCCc1[nH]c(=O)c(Cc2cc3cc(OCC4CC4)ccc3nc2CCCNC(C)=O)c2cc(OC)c(OC)cc12. The minimum atomic E-state index is -0.112. The van der Waals surface area contributed by atoms with Gasteiger partial charge in [-0.05, 0) is 85.4 Å². The van der Waals surface area contributed by atoms with E-state index in [1.807, 2.05) is 30.3 Å². The molecule has 0 radical (unpaired) electrons. The van der Waals surface area contributed by atoms with Gasteiger partial charge in [-0.2, -0.15) is 0 Å². The molecule has 2 heterocycles. The van der Waals surface area contributed by atoms with Crippen molar-refractivity contribution in [3.05, 3.63) is 69.3 Å². The number of nitrogens with one attached hydrogen (secondary N) is 2. The van der Waals surface area contributed by atoms with Gasteiger partial charge in [0.15, 0.2) is 11.5 Å². The molecule has 0 atom stereocenters. The van der Waals surface area contributed by atoms with Crippen molar-refractivity contribution in [1.82, 2.24) is 15.3 Å². The van der Waals surface area contributed by atoms with E-state index >= 15 is 0 Å². The Morgan fingerprint density at radius 2 is 1.79 bits per heavy atom. The van der Waals surface area contributed by atoms with Gasteiger partial charge >= 0.3 is 0 Å². The predicted molar refractivity (Wildman–Crippen MR) is 168 cm³/mol. The molecule has 42 heavy (non-hydrogen) atoms. The first-order valence-electron chi connectivity index (χ1n) is 14.5. The Bertz CT molecular complexity index is 1620. The Hall–Kier alpha value is -4.07. The van der Waals surface area contributed by atoms with E-state index in [1.54, 1.807) is 14.2 Å². The molecule has 0 bridgehead atoms. The zero-order chi connectivity index (χ0) is 28.9. The van der Waals surface area contributed by atoms with Crippen molar-refractivity contribution in [2.45, 2.75) is 66.2 Å². The third-order valence-electron chi connectivity index (χ3n) is 7.68. The van der Waals surface area contributed by atoms with Crippen LogP contribution in [-0.4, -0.2) is 43.2 Å². The van der Waals surface area contributed by atoms with Crippen LogP contribution in [0.15, 0.2) is 41.2 Å². The Labute approximate surface area is 247 Å². The zero-order valence-electron chi connectivity index (χ0n) is 24.4. The van der Waals surface area contributed by atoms with E-state index in [9.17, 15) is 9.59 Å². The van der Waals surface area contributed by atoms with E-state index in [4.69, 9.17) is 19.2 Å². The van der Waals surface area contributed by atoms with Crippen LogP contribution in [0.5, 0.6) is 17.2 Å². The number of rotatable bonds is 13. The van der Waals surface area contributed by atoms with Gasteiger partial charge in [0.1, 0.15) is 5.75 Å². The molecule has 8 heteroatoms. The predicted octanol–water partition coefficient (Wildman–Crippen LogP) is 6.13. The number of fused-ring (bicyclic) bond motifs is 2. The van der Waals surface area contributed by atoms with Crippen molar-refractivity contribution in [3.63, 3.8) is 0 Å². The molecular formula is C34H43N3O5. The number of H-pyrrole nitrogens is 1. The summed E-state index contributed by atoms with van der Waals surface area (Å²) < 4.78 is 17.2. The number of hydrogen-bond acceptors (Lipinski definition) is 6. The van der Waals surface area contributed by atoms with Crippen LogP contribution in [0.2, 0.25) is 0 Å². The fraction of sp³-hybridized carbons (Fsp3) is 0.441. The van der Waals surface area contributed by atoms with Crippen LogP contribution in [0.25, 0.3) is 21.7 Å². The Kier molecular flexibility index (Phi) is 10.1. The molecule has 1 aliphatic carbocycles. The van der Waals surface area contributed by atoms with Crippen molar-refractivity contribution in [1.29, 1.82) is 0 Å². The number of nitrogens with zero attached hydrogens (tertiary/aromatic N) is 1. The number of aryl methyl sites for hydroxylation is 2. The lowest BCUT2D eigenvalue weighted by atomic mass is 9.94. The van der Waals surface area contributed by atoms with Crippen LogP contribution < -0.4 is 25.1 Å². The molecule has 1 amide bonds. The molecule has 0 spiro atoms. The van der Waals surface area contributed by atoms with E-state index in [2.05, 4.69) is 23.3 Å². The van der Waals surface area contributed by atoms with Crippen LogP contribution in [0.4, 0.5) is 0 Å². The number of aromatic nitrogens is 2. The van der Waals surface area contributed by atoms with Crippen LogP contribution in [0, 0.1) is 5.92 Å². The summed E-state index contributed by atoms with van der Waals surface area (Å²) in [6.07, 6.45) is 5.93. The van der Waals surface area contributed by atoms with Crippen molar-refractivity contribution in [3.8, 4) is 17.2 Å². The highest BCUT2D eigenvalue weighted by atomic mass is 16.5. The monoisotopic (exact) mass is 573 g/mol. The molecule has 2 N–H and O–H groups in total. The molecule has 2 aromatic heterocycles. The van der Waals surface area contributed by atoms with Crippen molar-refractivity contribution < 1.29 is 19.0 Å². The van der Waals surface area contributed by atoms with Crippen molar-refractivity contribution in [2.24, 2.45) is 5.92 Å².